The molecule has 0 radical (unpaired) electrons. The first kappa shape index (κ1) is 17.5. The fraction of sp³-hybridized carbons (Fsp3) is 0.600. The van der Waals surface area contributed by atoms with E-state index in [2.05, 4.69) is 29.2 Å². The van der Waals surface area contributed by atoms with Crippen LogP contribution in [0, 0.1) is 5.41 Å². The lowest BCUT2D eigenvalue weighted by Gasteiger charge is -2.37. The molecular weight excluding hydrogens is 330 g/mol. The van der Waals surface area contributed by atoms with Crippen molar-refractivity contribution >= 4 is 11.8 Å². The third-order valence-electron chi connectivity index (χ3n) is 5.78. The number of hydrogen-bond donors (Lipinski definition) is 0. The number of rotatable bonds is 4. The Morgan fingerprint density at radius 3 is 2.00 bits per heavy atom. The molecule has 0 N–H and O–H groups in total. The minimum Gasteiger partial charge on any atom is -0.378 e. The highest BCUT2D eigenvalue weighted by Gasteiger charge is 2.59. The van der Waals surface area contributed by atoms with Crippen LogP contribution in [0.15, 0.2) is 30.3 Å². The summed E-state index contributed by atoms with van der Waals surface area (Å²) in [6, 6.07) is 10.4. The molecule has 0 aromatic heterocycles. The molecule has 1 aliphatic carbocycles. The maximum Gasteiger partial charge on any atom is 0.238 e. The summed E-state index contributed by atoms with van der Waals surface area (Å²) in [5.41, 5.74) is 0.535. The van der Waals surface area contributed by atoms with Crippen LogP contribution in [0.3, 0.4) is 0 Å². The van der Waals surface area contributed by atoms with E-state index in [0.717, 1.165) is 19.6 Å². The molecule has 26 heavy (non-hydrogen) atoms. The van der Waals surface area contributed by atoms with Crippen LogP contribution in [0.4, 0.5) is 0 Å². The highest BCUT2D eigenvalue weighted by Crippen LogP contribution is 2.49. The van der Waals surface area contributed by atoms with Gasteiger partial charge in [-0.25, -0.2) is 0 Å². The number of hydrogen-bond acceptors (Lipinski definition) is 4. The van der Waals surface area contributed by atoms with Crippen LogP contribution in [0.5, 0.6) is 0 Å². The summed E-state index contributed by atoms with van der Waals surface area (Å²) in [7, 11) is 0. The van der Waals surface area contributed by atoms with Crippen LogP contribution in [0.25, 0.3) is 0 Å². The summed E-state index contributed by atoms with van der Waals surface area (Å²) in [4.78, 5) is 32.1. The fourth-order valence-electron chi connectivity index (χ4n) is 3.97. The van der Waals surface area contributed by atoms with Crippen LogP contribution < -0.4 is 0 Å². The molecule has 0 atom stereocenters. The zero-order chi connectivity index (χ0) is 18.0. The summed E-state index contributed by atoms with van der Waals surface area (Å²) in [5, 5.41) is 0. The number of benzene rings is 1. The van der Waals surface area contributed by atoms with E-state index >= 15 is 0 Å². The van der Waals surface area contributed by atoms with Crippen LogP contribution in [0.1, 0.15) is 18.4 Å². The highest BCUT2D eigenvalue weighted by molar-refractivity contribution is 6.07. The molecule has 6 heteroatoms. The third-order valence-corrected chi connectivity index (χ3v) is 5.78. The maximum absolute atomic E-state index is 13.1. The number of amides is 2. The number of morpholine rings is 1. The molecular formula is C20H27N3O3. The lowest BCUT2D eigenvalue weighted by molar-refractivity contribution is -0.152. The minimum atomic E-state index is -0.765. The summed E-state index contributed by atoms with van der Waals surface area (Å²) in [6.07, 6.45) is 1.40. The van der Waals surface area contributed by atoms with Crippen molar-refractivity contribution in [2.24, 2.45) is 5.41 Å². The van der Waals surface area contributed by atoms with E-state index in [0.29, 0.717) is 52.2 Å². The summed E-state index contributed by atoms with van der Waals surface area (Å²) < 4.78 is 5.33. The molecule has 3 aliphatic rings. The second kappa shape index (κ2) is 7.37. The van der Waals surface area contributed by atoms with Crippen molar-refractivity contribution in [3.63, 3.8) is 0 Å². The minimum absolute atomic E-state index is 0.0255. The van der Waals surface area contributed by atoms with Crippen molar-refractivity contribution in [2.45, 2.75) is 19.4 Å². The second-order valence-corrected chi connectivity index (χ2v) is 7.54. The summed E-state index contributed by atoms with van der Waals surface area (Å²) in [6.45, 7) is 6.44. The number of carbonyl (C=O) groups excluding carboxylic acids is 2. The van der Waals surface area contributed by atoms with Gasteiger partial charge in [-0.1, -0.05) is 30.3 Å². The van der Waals surface area contributed by atoms with Crippen molar-refractivity contribution in [1.82, 2.24) is 14.7 Å². The van der Waals surface area contributed by atoms with E-state index in [1.165, 1.54) is 5.56 Å². The molecule has 1 saturated carbocycles. The Labute approximate surface area is 154 Å². The fourth-order valence-corrected chi connectivity index (χ4v) is 3.97. The Morgan fingerprint density at radius 1 is 0.846 bits per heavy atom. The molecule has 3 fully saturated rings. The molecule has 140 valence electrons. The van der Waals surface area contributed by atoms with Gasteiger partial charge in [0.1, 0.15) is 5.41 Å². The molecule has 2 aliphatic heterocycles. The average Bonchev–Trinajstić information content (AvgIpc) is 3.51. The first-order valence-electron chi connectivity index (χ1n) is 9.62. The maximum atomic E-state index is 13.1. The molecule has 2 heterocycles. The van der Waals surface area contributed by atoms with Gasteiger partial charge >= 0.3 is 0 Å². The van der Waals surface area contributed by atoms with Crippen molar-refractivity contribution in [3.8, 4) is 0 Å². The topological polar surface area (TPSA) is 53.1 Å². The first-order valence-corrected chi connectivity index (χ1v) is 9.62. The molecule has 2 saturated heterocycles. The van der Waals surface area contributed by atoms with Gasteiger partial charge in [-0.2, -0.15) is 0 Å². The molecule has 0 bridgehead atoms. The van der Waals surface area contributed by atoms with Crippen LogP contribution in [-0.2, 0) is 20.9 Å². The lowest BCUT2D eigenvalue weighted by atomic mass is 10.0. The largest absolute Gasteiger partial charge is 0.378 e. The van der Waals surface area contributed by atoms with Crippen molar-refractivity contribution in [1.29, 1.82) is 0 Å². The van der Waals surface area contributed by atoms with E-state index in [-0.39, 0.29) is 11.8 Å². The van der Waals surface area contributed by atoms with Crippen molar-refractivity contribution in [3.05, 3.63) is 35.9 Å². The predicted molar refractivity (Wildman–Crippen MR) is 97.4 cm³/mol. The van der Waals surface area contributed by atoms with Gasteiger partial charge in [0, 0.05) is 45.8 Å². The highest BCUT2D eigenvalue weighted by atomic mass is 16.5. The number of carbonyl (C=O) groups is 2. The molecule has 2 amide bonds. The molecule has 1 aromatic rings. The summed E-state index contributed by atoms with van der Waals surface area (Å²) >= 11 is 0. The molecule has 0 spiro atoms. The van der Waals surface area contributed by atoms with Gasteiger partial charge in [0.25, 0.3) is 0 Å². The van der Waals surface area contributed by atoms with Gasteiger partial charge in [-0.15, -0.1) is 0 Å². The van der Waals surface area contributed by atoms with Crippen molar-refractivity contribution < 1.29 is 14.3 Å². The van der Waals surface area contributed by atoms with Gasteiger partial charge in [0.2, 0.25) is 11.8 Å². The predicted octanol–water partition coefficient (Wildman–Crippen LogP) is 0.970. The van der Waals surface area contributed by atoms with Gasteiger partial charge in [0.15, 0.2) is 0 Å². The molecule has 0 unspecified atom stereocenters. The van der Waals surface area contributed by atoms with Gasteiger partial charge in [-0.05, 0) is 18.4 Å². The molecule has 4 rings (SSSR count). The Bertz CT molecular complexity index is 646. The van der Waals surface area contributed by atoms with E-state index in [1.54, 1.807) is 0 Å². The van der Waals surface area contributed by atoms with E-state index in [1.807, 2.05) is 15.9 Å². The lowest BCUT2D eigenvalue weighted by Crippen LogP contribution is -2.54. The zero-order valence-corrected chi connectivity index (χ0v) is 15.2. The van der Waals surface area contributed by atoms with Gasteiger partial charge in [0.05, 0.1) is 13.2 Å². The van der Waals surface area contributed by atoms with Crippen molar-refractivity contribution in [2.75, 3.05) is 52.5 Å². The van der Waals surface area contributed by atoms with Crippen LogP contribution in [0.2, 0.25) is 0 Å². The van der Waals surface area contributed by atoms with Gasteiger partial charge in [-0.3, -0.25) is 14.5 Å². The average molecular weight is 357 g/mol. The van der Waals surface area contributed by atoms with E-state index in [4.69, 9.17) is 4.74 Å². The van der Waals surface area contributed by atoms with E-state index < -0.39 is 5.41 Å². The molecule has 6 nitrogen and oxygen atoms in total. The quantitative estimate of drug-likeness (QED) is 0.754. The monoisotopic (exact) mass is 357 g/mol. The Balaban J connectivity index is 1.32. The number of piperazine rings is 1. The zero-order valence-electron chi connectivity index (χ0n) is 15.2. The smallest absolute Gasteiger partial charge is 0.238 e. The van der Waals surface area contributed by atoms with Gasteiger partial charge < -0.3 is 14.5 Å². The Hall–Kier alpha value is -1.92. The first-order chi connectivity index (χ1) is 12.7. The normalized spacial score (nSPS) is 22.9. The molecule has 1 aromatic carbocycles. The van der Waals surface area contributed by atoms with Crippen LogP contribution in [-0.4, -0.2) is 79.0 Å². The summed E-state index contributed by atoms with van der Waals surface area (Å²) in [5.74, 6) is 0.0749. The number of nitrogens with zero attached hydrogens (tertiary/aromatic N) is 3. The third kappa shape index (κ3) is 3.48. The Morgan fingerprint density at radius 2 is 1.42 bits per heavy atom. The Kier molecular flexibility index (Phi) is 4.96. The van der Waals surface area contributed by atoms with E-state index in [9.17, 15) is 9.59 Å². The van der Waals surface area contributed by atoms with Crippen LogP contribution >= 0.6 is 0 Å². The second-order valence-electron chi connectivity index (χ2n) is 7.54. The standard InChI is InChI=1S/C20H27N3O3/c24-18(20(6-7-20)19(25)23-12-14-26-15-13-23)22-10-8-21(9-11-22)16-17-4-2-1-3-5-17/h1-5H,6-16H2. The number of ether oxygens (including phenoxy) is 1. The SMILES string of the molecule is O=C(N1CCOCC1)C1(C(=O)N2CCN(Cc3ccccc3)CC2)CC1.